The zero-order valence-corrected chi connectivity index (χ0v) is 13.1. The van der Waals surface area contributed by atoms with E-state index < -0.39 is 0 Å². The number of aryl methyl sites for hydroxylation is 2. The Morgan fingerprint density at radius 3 is 2.59 bits per heavy atom. The summed E-state index contributed by atoms with van der Waals surface area (Å²) in [4.78, 5) is 11.8. The van der Waals surface area contributed by atoms with Gasteiger partial charge >= 0.3 is 6.03 Å². The molecule has 0 bridgehead atoms. The van der Waals surface area contributed by atoms with Crippen molar-refractivity contribution >= 4 is 11.7 Å². The van der Waals surface area contributed by atoms with Crippen molar-refractivity contribution in [3.8, 4) is 5.75 Å². The van der Waals surface area contributed by atoms with Crippen molar-refractivity contribution in [2.45, 2.75) is 20.3 Å². The van der Waals surface area contributed by atoms with Gasteiger partial charge in [-0.15, -0.1) is 0 Å². The molecule has 0 saturated carbocycles. The standard InChI is InChI=1S/C18H22N2O2/c1-3-15-7-9-16(10-8-15)20-18(21)19-11-12-22-17-6-4-5-14(2)13-17/h4-10,13H,3,11-12H2,1-2H3,(H2,19,20,21). The number of carbonyl (C=O) groups excluding carboxylic acids is 1. The molecule has 4 heteroatoms. The molecule has 0 spiro atoms. The maximum Gasteiger partial charge on any atom is 0.319 e. The molecule has 0 aromatic heterocycles. The third kappa shape index (κ3) is 5.13. The van der Waals surface area contributed by atoms with Crippen molar-refractivity contribution in [2.75, 3.05) is 18.5 Å². The smallest absolute Gasteiger partial charge is 0.319 e. The average molecular weight is 298 g/mol. The molecular weight excluding hydrogens is 276 g/mol. The van der Waals surface area contributed by atoms with Crippen LogP contribution in [0.4, 0.5) is 10.5 Å². The van der Waals surface area contributed by atoms with Crippen LogP contribution >= 0.6 is 0 Å². The predicted molar refractivity (Wildman–Crippen MR) is 89.5 cm³/mol. The fraction of sp³-hybridized carbons (Fsp3) is 0.278. The molecule has 0 atom stereocenters. The van der Waals surface area contributed by atoms with Gasteiger partial charge in [-0.05, 0) is 48.7 Å². The summed E-state index contributed by atoms with van der Waals surface area (Å²) >= 11 is 0. The van der Waals surface area contributed by atoms with Gasteiger partial charge in [0.1, 0.15) is 12.4 Å². The molecule has 22 heavy (non-hydrogen) atoms. The van der Waals surface area contributed by atoms with E-state index in [0.29, 0.717) is 13.2 Å². The van der Waals surface area contributed by atoms with Gasteiger partial charge in [0.15, 0.2) is 0 Å². The number of benzene rings is 2. The fourth-order valence-electron chi connectivity index (χ4n) is 2.04. The number of amides is 2. The van der Waals surface area contributed by atoms with Crippen LogP contribution in [0.1, 0.15) is 18.1 Å². The van der Waals surface area contributed by atoms with Crippen molar-refractivity contribution < 1.29 is 9.53 Å². The van der Waals surface area contributed by atoms with Gasteiger partial charge in [0.25, 0.3) is 0 Å². The van der Waals surface area contributed by atoms with Gasteiger partial charge in [0.2, 0.25) is 0 Å². The number of anilines is 1. The van der Waals surface area contributed by atoms with Gasteiger partial charge < -0.3 is 15.4 Å². The maximum absolute atomic E-state index is 11.8. The van der Waals surface area contributed by atoms with Crippen LogP contribution in [0.25, 0.3) is 0 Å². The molecule has 2 aromatic carbocycles. The first-order chi connectivity index (χ1) is 10.7. The lowest BCUT2D eigenvalue weighted by Gasteiger charge is -2.09. The highest BCUT2D eigenvalue weighted by atomic mass is 16.5. The average Bonchev–Trinajstić information content (AvgIpc) is 2.52. The molecule has 0 aliphatic carbocycles. The number of urea groups is 1. The van der Waals surface area contributed by atoms with E-state index in [9.17, 15) is 4.79 Å². The molecule has 2 aromatic rings. The molecule has 4 nitrogen and oxygen atoms in total. The van der Waals surface area contributed by atoms with Gasteiger partial charge in [-0.1, -0.05) is 31.2 Å². The highest BCUT2D eigenvalue weighted by Gasteiger charge is 2.01. The number of carbonyl (C=O) groups is 1. The highest BCUT2D eigenvalue weighted by molar-refractivity contribution is 5.89. The molecular formula is C18H22N2O2. The summed E-state index contributed by atoms with van der Waals surface area (Å²) < 4.78 is 5.58. The van der Waals surface area contributed by atoms with Crippen LogP contribution in [-0.4, -0.2) is 19.2 Å². The zero-order valence-electron chi connectivity index (χ0n) is 13.1. The van der Waals surface area contributed by atoms with E-state index >= 15 is 0 Å². The Balaban J connectivity index is 1.69. The van der Waals surface area contributed by atoms with Gasteiger partial charge in [0.05, 0.1) is 6.54 Å². The monoisotopic (exact) mass is 298 g/mol. The van der Waals surface area contributed by atoms with Crippen molar-refractivity contribution in [2.24, 2.45) is 0 Å². The van der Waals surface area contributed by atoms with Crippen LogP contribution in [0.15, 0.2) is 48.5 Å². The van der Waals surface area contributed by atoms with Gasteiger partial charge in [0, 0.05) is 5.69 Å². The van der Waals surface area contributed by atoms with E-state index in [4.69, 9.17) is 4.74 Å². The SMILES string of the molecule is CCc1ccc(NC(=O)NCCOc2cccc(C)c2)cc1. The Bertz CT molecular complexity index is 609. The van der Waals surface area contributed by atoms with E-state index in [1.54, 1.807) is 0 Å². The van der Waals surface area contributed by atoms with Crippen LogP contribution < -0.4 is 15.4 Å². The first-order valence-corrected chi connectivity index (χ1v) is 7.50. The molecule has 0 aliphatic rings. The summed E-state index contributed by atoms with van der Waals surface area (Å²) in [5.41, 5.74) is 3.19. The van der Waals surface area contributed by atoms with E-state index in [-0.39, 0.29) is 6.03 Å². The maximum atomic E-state index is 11.8. The van der Waals surface area contributed by atoms with Crippen molar-refractivity contribution in [1.82, 2.24) is 5.32 Å². The fourth-order valence-corrected chi connectivity index (χ4v) is 2.04. The summed E-state index contributed by atoms with van der Waals surface area (Å²) in [6, 6.07) is 15.4. The largest absolute Gasteiger partial charge is 0.492 e. The number of hydrogen-bond donors (Lipinski definition) is 2. The van der Waals surface area contributed by atoms with Crippen LogP contribution in [-0.2, 0) is 6.42 Å². The molecule has 2 rings (SSSR count). The predicted octanol–water partition coefficient (Wildman–Crippen LogP) is 3.76. The minimum atomic E-state index is -0.225. The second-order valence-corrected chi connectivity index (χ2v) is 5.10. The highest BCUT2D eigenvalue weighted by Crippen LogP contribution is 2.12. The molecule has 0 aliphatic heterocycles. The van der Waals surface area contributed by atoms with Crippen LogP contribution in [0.3, 0.4) is 0 Å². The molecule has 0 unspecified atom stereocenters. The topological polar surface area (TPSA) is 50.4 Å². The zero-order chi connectivity index (χ0) is 15.8. The summed E-state index contributed by atoms with van der Waals surface area (Å²) in [5, 5.41) is 5.56. The van der Waals surface area contributed by atoms with E-state index in [1.807, 2.05) is 55.5 Å². The third-order valence-corrected chi connectivity index (χ3v) is 3.27. The normalized spacial score (nSPS) is 10.1. The molecule has 0 saturated heterocycles. The Kier molecular flexibility index (Phi) is 5.83. The van der Waals surface area contributed by atoms with E-state index in [2.05, 4.69) is 17.6 Å². The van der Waals surface area contributed by atoms with Crippen LogP contribution in [0.2, 0.25) is 0 Å². The second kappa shape index (κ2) is 8.08. The minimum Gasteiger partial charge on any atom is -0.492 e. The molecule has 2 amide bonds. The quantitative estimate of drug-likeness (QED) is 0.798. The first-order valence-electron chi connectivity index (χ1n) is 7.50. The molecule has 0 radical (unpaired) electrons. The lowest BCUT2D eigenvalue weighted by Crippen LogP contribution is -2.32. The van der Waals surface area contributed by atoms with Gasteiger partial charge in [-0.2, -0.15) is 0 Å². The number of hydrogen-bond acceptors (Lipinski definition) is 2. The van der Waals surface area contributed by atoms with E-state index in [1.165, 1.54) is 5.56 Å². The molecule has 0 heterocycles. The van der Waals surface area contributed by atoms with Crippen molar-refractivity contribution in [3.63, 3.8) is 0 Å². The Morgan fingerprint density at radius 1 is 1.14 bits per heavy atom. The molecule has 116 valence electrons. The minimum absolute atomic E-state index is 0.225. The summed E-state index contributed by atoms with van der Waals surface area (Å²) in [5.74, 6) is 0.817. The molecule has 0 fully saturated rings. The third-order valence-electron chi connectivity index (χ3n) is 3.27. The van der Waals surface area contributed by atoms with Crippen molar-refractivity contribution in [3.05, 3.63) is 59.7 Å². The summed E-state index contributed by atoms with van der Waals surface area (Å²) in [6.45, 7) is 5.00. The van der Waals surface area contributed by atoms with Gasteiger partial charge in [-0.3, -0.25) is 0 Å². The van der Waals surface area contributed by atoms with Crippen LogP contribution in [0, 0.1) is 6.92 Å². The number of ether oxygens (including phenoxy) is 1. The Morgan fingerprint density at radius 2 is 1.91 bits per heavy atom. The summed E-state index contributed by atoms with van der Waals surface area (Å²) in [6.07, 6.45) is 0.989. The molecule has 2 N–H and O–H groups in total. The Labute approximate surface area is 131 Å². The second-order valence-electron chi connectivity index (χ2n) is 5.10. The lowest BCUT2D eigenvalue weighted by molar-refractivity contribution is 0.247. The van der Waals surface area contributed by atoms with Gasteiger partial charge in [-0.25, -0.2) is 4.79 Å². The van der Waals surface area contributed by atoms with E-state index in [0.717, 1.165) is 23.4 Å². The number of nitrogens with one attached hydrogen (secondary N) is 2. The van der Waals surface area contributed by atoms with Crippen LogP contribution in [0.5, 0.6) is 5.75 Å². The van der Waals surface area contributed by atoms with Crippen molar-refractivity contribution in [1.29, 1.82) is 0 Å². The summed E-state index contributed by atoms with van der Waals surface area (Å²) in [7, 11) is 0. The lowest BCUT2D eigenvalue weighted by atomic mass is 10.1. The first kappa shape index (κ1) is 15.9. The number of rotatable bonds is 6. The Hall–Kier alpha value is -2.49.